The highest BCUT2D eigenvalue weighted by Crippen LogP contribution is 2.43. The van der Waals surface area contributed by atoms with Crippen LogP contribution in [0.2, 0.25) is 10.0 Å². The van der Waals surface area contributed by atoms with Gasteiger partial charge in [0.15, 0.2) is 0 Å². The van der Waals surface area contributed by atoms with Crippen LogP contribution in [0.5, 0.6) is 5.75 Å². The molecule has 4 rings (SSSR count). The molecular weight excluding hydrogens is 692 g/mol. The average Bonchev–Trinajstić information content (AvgIpc) is 3.35. The molecule has 18 heteroatoms. The molecule has 4 N–H and O–H groups in total. The van der Waals surface area contributed by atoms with Crippen molar-refractivity contribution in [1.82, 2.24) is 20.3 Å². The average molecular weight is 728 g/mol. The number of piperidine rings is 1. The van der Waals surface area contributed by atoms with Crippen LogP contribution in [0.1, 0.15) is 30.1 Å². The largest absolute Gasteiger partial charge is 0.484 e. The molecule has 0 radical (unpaired) electrons. The standard InChI is InChI=1S/C29H35Cl2F3N4O8S/c30-18-14-23-22(24(31)15-18)16-25(38-9-1-2-19(17-38)37-28(40)41)26(23)46-20-3-5-21(6-4-20)47(42,43)36-8-11-45-13-12-44-10-7-35-27(39)29(32,33)34/h3-6,14-15,19,25-26,36-37H,1-2,7-13,16-17H2,(H,35,39)(H,40,41)/t19-,25+,26-/m1/s1. The van der Waals surface area contributed by atoms with Crippen molar-refractivity contribution in [1.29, 1.82) is 0 Å². The summed E-state index contributed by atoms with van der Waals surface area (Å²) in [5.41, 5.74) is 1.71. The maximum atomic E-state index is 12.8. The summed E-state index contributed by atoms with van der Waals surface area (Å²) >= 11 is 12.9. The Balaban J connectivity index is 1.28. The van der Waals surface area contributed by atoms with Crippen molar-refractivity contribution in [3.8, 4) is 5.75 Å². The zero-order valence-electron chi connectivity index (χ0n) is 25.0. The summed E-state index contributed by atoms with van der Waals surface area (Å²) < 4.78 is 81.1. The molecule has 1 aliphatic carbocycles. The highest BCUT2D eigenvalue weighted by molar-refractivity contribution is 7.89. The molecule has 2 aliphatic rings. The fourth-order valence-corrected chi connectivity index (χ4v) is 7.11. The van der Waals surface area contributed by atoms with Crippen LogP contribution in [0.15, 0.2) is 41.3 Å². The highest BCUT2D eigenvalue weighted by Gasteiger charge is 2.41. The number of amides is 2. The number of ether oxygens (including phenoxy) is 3. The normalized spacial score (nSPS) is 20.1. The molecule has 47 heavy (non-hydrogen) atoms. The fraction of sp³-hybridized carbons (Fsp3) is 0.517. The molecular formula is C29H35Cl2F3N4O8S. The van der Waals surface area contributed by atoms with Gasteiger partial charge >= 0.3 is 18.2 Å². The number of halogens is 5. The van der Waals surface area contributed by atoms with E-state index in [0.29, 0.717) is 28.8 Å². The van der Waals surface area contributed by atoms with Gasteiger partial charge in [-0.15, -0.1) is 0 Å². The third kappa shape index (κ3) is 10.6. The van der Waals surface area contributed by atoms with Crippen molar-refractivity contribution in [3.05, 3.63) is 57.6 Å². The molecule has 2 aromatic rings. The SMILES string of the molecule is O=C(O)N[C@@H]1CCCN([C@H]2Cc3c(Cl)cc(Cl)cc3[C@H]2Oc2ccc(S(=O)(=O)NCCOCCOCCNC(=O)C(F)(F)F)cc2)C1. The third-order valence-corrected chi connectivity index (χ3v) is 9.64. The Kier molecular flexibility index (Phi) is 13.0. The van der Waals surface area contributed by atoms with E-state index < -0.39 is 34.3 Å². The molecule has 2 amide bonds. The second kappa shape index (κ2) is 16.5. The molecule has 260 valence electrons. The van der Waals surface area contributed by atoms with Crippen molar-refractivity contribution in [2.24, 2.45) is 0 Å². The number of fused-ring (bicyclic) bond motifs is 1. The van der Waals surface area contributed by atoms with Crippen LogP contribution in [-0.4, -0.2) is 101 Å². The first-order chi connectivity index (χ1) is 22.2. The van der Waals surface area contributed by atoms with Crippen LogP contribution in [0.25, 0.3) is 0 Å². The van der Waals surface area contributed by atoms with Gasteiger partial charge in [-0.3, -0.25) is 9.69 Å². The lowest BCUT2D eigenvalue weighted by Gasteiger charge is -2.39. The van der Waals surface area contributed by atoms with E-state index in [1.807, 2.05) is 0 Å². The van der Waals surface area contributed by atoms with E-state index in [1.54, 1.807) is 29.6 Å². The molecule has 0 aromatic heterocycles. The second-order valence-electron chi connectivity index (χ2n) is 10.9. The van der Waals surface area contributed by atoms with Gasteiger partial charge in [0.05, 0.1) is 37.4 Å². The monoisotopic (exact) mass is 726 g/mol. The van der Waals surface area contributed by atoms with E-state index in [9.17, 15) is 36.3 Å². The summed E-state index contributed by atoms with van der Waals surface area (Å²) in [6, 6.07) is 9.00. The summed E-state index contributed by atoms with van der Waals surface area (Å²) in [6.07, 6.45) is -4.43. The molecule has 1 saturated heterocycles. The molecule has 12 nitrogen and oxygen atoms in total. The van der Waals surface area contributed by atoms with Gasteiger partial charge in [-0.05, 0) is 67.8 Å². The van der Waals surface area contributed by atoms with Crippen LogP contribution in [0.3, 0.4) is 0 Å². The predicted molar refractivity (Wildman–Crippen MR) is 165 cm³/mol. The molecule has 2 aromatic carbocycles. The first-order valence-electron chi connectivity index (χ1n) is 14.7. The number of benzene rings is 2. The second-order valence-corrected chi connectivity index (χ2v) is 13.5. The number of carbonyl (C=O) groups excluding carboxylic acids is 1. The summed E-state index contributed by atoms with van der Waals surface area (Å²) in [5.74, 6) is -1.63. The number of nitrogens with one attached hydrogen (secondary N) is 3. The van der Waals surface area contributed by atoms with E-state index in [4.69, 9.17) is 37.4 Å². The lowest BCUT2D eigenvalue weighted by molar-refractivity contribution is -0.173. The zero-order valence-corrected chi connectivity index (χ0v) is 27.4. The maximum absolute atomic E-state index is 12.8. The number of nitrogens with zero attached hydrogens (tertiary/aromatic N) is 1. The number of carboxylic acid groups (broad SMARTS) is 1. The lowest BCUT2D eigenvalue weighted by Crippen LogP contribution is -2.52. The van der Waals surface area contributed by atoms with E-state index in [0.717, 1.165) is 30.5 Å². The van der Waals surface area contributed by atoms with Gasteiger partial charge in [-0.1, -0.05) is 23.2 Å². The van der Waals surface area contributed by atoms with E-state index in [2.05, 4.69) is 14.9 Å². The lowest BCUT2D eigenvalue weighted by atomic mass is 10.0. The number of hydrogen-bond donors (Lipinski definition) is 4. The third-order valence-electron chi connectivity index (χ3n) is 7.61. The van der Waals surface area contributed by atoms with Gasteiger partial charge in [-0.25, -0.2) is 17.9 Å². The Morgan fingerprint density at radius 1 is 1.02 bits per heavy atom. The number of likely N-dealkylation sites (tertiary alicyclic amines) is 1. The van der Waals surface area contributed by atoms with Crippen LogP contribution < -0.4 is 20.1 Å². The number of rotatable bonds is 15. The number of alkyl halides is 3. The van der Waals surface area contributed by atoms with Gasteiger partial charge in [-0.2, -0.15) is 13.2 Å². The van der Waals surface area contributed by atoms with Crippen LogP contribution >= 0.6 is 23.2 Å². The smallest absolute Gasteiger partial charge is 0.471 e. The Hall–Kier alpha value is -2.86. The molecule has 1 fully saturated rings. The Morgan fingerprint density at radius 3 is 2.36 bits per heavy atom. The summed E-state index contributed by atoms with van der Waals surface area (Å²) in [5, 5.41) is 14.4. The Labute approximate surface area is 279 Å². The van der Waals surface area contributed by atoms with Crippen molar-refractivity contribution in [2.75, 3.05) is 52.6 Å². The Bertz CT molecular complexity index is 1500. The minimum Gasteiger partial charge on any atom is -0.484 e. The fourth-order valence-electron chi connectivity index (χ4n) is 5.51. The number of hydrogen-bond acceptors (Lipinski definition) is 8. The molecule has 0 bridgehead atoms. The first-order valence-corrected chi connectivity index (χ1v) is 17.0. The Morgan fingerprint density at radius 2 is 1.70 bits per heavy atom. The van der Waals surface area contributed by atoms with Crippen LogP contribution in [-0.2, 0) is 30.7 Å². The maximum Gasteiger partial charge on any atom is 0.471 e. The van der Waals surface area contributed by atoms with Gasteiger partial charge in [0.1, 0.15) is 11.9 Å². The van der Waals surface area contributed by atoms with E-state index in [1.165, 1.54) is 12.1 Å². The molecule has 1 aliphatic heterocycles. The molecule has 1 heterocycles. The van der Waals surface area contributed by atoms with Crippen molar-refractivity contribution in [3.63, 3.8) is 0 Å². The molecule has 0 spiro atoms. The summed E-state index contributed by atoms with van der Waals surface area (Å²) in [4.78, 5) is 24.1. The molecule has 0 saturated carbocycles. The number of sulfonamides is 1. The number of carbonyl (C=O) groups is 2. The van der Waals surface area contributed by atoms with Gasteiger partial charge in [0, 0.05) is 41.3 Å². The molecule has 0 unspecified atom stereocenters. The highest BCUT2D eigenvalue weighted by atomic mass is 35.5. The first kappa shape index (κ1) is 37.0. The van der Waals surface area contributed by atoms with Crippen LogP contribution in [0, 0.1) is 0 Å². The summed E-state index contributed by atoms with van der Waals surface area (Å²) in [6.45, 7) is 0.863. The predicted octanol–water partition coefficient (Wildman–Crippen LogP) is 3.76. The zero-order chi connectivity index (χ0) is 34.2. The van der Waals surface area contributed by atoms with Gasteiger partial charge in [0.2, 0.25) is 10.0 Å². The quantitative estimate of drug-likeness (QED) is 0.201. The van der Waals surface area contributed by atoms with Gasteiger partial charge in [0.25, 0.3) is 0 Å². The van der Waals surface area contributed by atoms with E-state index in [-0.39, 0.29) is 56.5 Å². The summed E-state index contributed by atoms with van der Waals surface area (Å²) in [7, 11) is -3.88. The van der Waals surface area contributed by atoms with Crippen LogP contribution in [0.4, 0.5) is 18.0 Å². The van der Waals surface area contributed by atoms with Gasteiger partial charge < -0.3 is 30.0 Å². The van der Waals surface area contributed by atoms with Crippen molar-refractivity contribution in [2.45, 2.75) is 48.5 Å². The molecule has 3 atom stereocenters. The minimum atomic E-state index is -4.95. The van der Waals surface area contributed by atoms with E-state index >= 15 is 0 Å². The topological polar surface area (TPSA) is 156 Å². The van der Waals surface area contributed by atoms with Crippen molar-refractivity contribution >= 4 is 45.2 Å². The van der Waals surface area contributed by atoms with Crippen molar-refractivity contribution < 1.29 is 50.5 Å². The minimum absolute atomic E-state index is 0.00201.